The average Bonchev–Trinajstić information content (AvgIpc) is 2.52. The number of non-ortho nitro benzene ring substituents is 1. The number of hydrogen-bond donors (Lipinski definition) is 2. The smallest absolute Gasteiger partial charge is 0.270 e. The Morgan fingerprint density at radius 1 is 1.30 bits per heavy atom. The third kappa shape index (κ3) is 3.59. The van der Waals surface area contributed by atoms with Crippen LogP contribution in [0, 0.1) is 33.1 Å². The zero-order chi connectivity index (χ0) is 17.0. The number of hydrogen-bond acceptors (Lipinski definition) is 5. The van der Waals surface area contributed by atoms with Gasteiger partial charge in [-0.2, -0.15) is 5.26 Å². The van der Waals surface area contributed by atoms with E-state index >= 15 is 0 Å². The number of nitriles is 1. The molecule has 0 fully saturated rings. The van der Waals surface area contributed by atoms with Crippen molar-refractivity contribution in [2.24, 2.45) is 0 Å². The molecule has 1 atom stereocenters. The molecule has 2 aromatic rings. The number of nitrogens with zero attached hydrogens (tertiary/aromatic N) is 2. The molecule has 0 saturated heterocycles. The Balaban J connectivity index is 2.18. The Bertz CT molecular complexity index is 770. The van der Waals surface area contributed by atoms with Crippen LogP contribution in [0.3, 0.4) is 0 Å². The van der Waals surface area contributed by atoms with E-state index in [1.165, 1.54) is 18.2 Å². The summed E-state index contributed by atoms with van der Waals surface area (Å²) in [5.74, 6) is -1.77. The number of rotatable bonds is 5. The second-order valence-electron chi connectivity index (χ2n) is 4.63. The zero-order valence-corrected chi connectivity index (χ0v) is 11.7. The van der Waals surface area contributed by atoms with Crippen LogP contribution in [0.15, 0.2) is 36.4 Å². The third-order valence-electron chi connectivity index (χ3n) is 3.15. The lowest BCUT2D eigenvalue weighted by Gasteiger charge is -2.15. The highest BCUT2D eigenvalue weighted by molar-refractivity contribution is 5.61. The summed E-state index contributed by atoms with van der Waals surface area (Å²) in [5, 5.41) is 32.2. The summed E-state index contributed by atoms with van der Waals surface area (Å²) in [5.41, 5.74) is -0.539. The molecular formula is C15H11F2N3O3. The predicted molar refractivity (Wildman–Crippen MR) is 77.6 cm³/mol. The van der Waals surface area contributed by atoms with Crippen molar-refractivity contribution in [3.8, 4) is 6.07 Å². The molecule has 2 aromatic carbocycles. The summed E-state index contributed by atoms with van der Waals surface area (Å²) in [6.45, 7) is -0.273. The van der Waals surface area contributed by atoms with Gasteiger partial charge in [-0.25, -0.2) is 8.78 Å². The van der Waals surface area contributed by atoms with Gasteiger partial charge in [-0.1, -0.05) is 6.07 Å². The summed E-state index contributed by atoms with van der Waals surface area (Å²) in [7, 11) is 0. The minimum atomic E-state index is -1.49. The SMILES string of the molecule is N#Cc1cc([N+](=O)[O-])ccc1NCC(O)c1c(F)cccc1F. The van der Waals surface area contributed by atoms with Crippen molar-refractivity contribution >= 4 is 11.4 Å². The second kappa shape index (κ2) is 6.81. The standard InChI is InChI=1S/C15H11F2N3O3/c16-11-2-1-3-12(17)15(11)14(21)8-19-13-5-4-10(20(22)23)6-9(13)7-18/h1-6,14,19,21H,8H2. The van der Waals surface area contributed by atoms with Gasteiger partial charge >= 0.3 is 0 Å². The maximum absolute atomic E-state index is 13.6. The minimum Gasteiger partial charge on any atom is -0.386 e. The number of nitro benzene ring substituents is 1. The number of aliphatic hydroxyl groups is 1. The Morgan fingerprint density at radius 3 is 2.52 bits per heavy atom. The average molecular weight is 319 g/mol. The van der Waals surface area contributed by atoms with Gasteiger partial charge in [-0.05, 0) is 18.2 Å². The van der Waals surface area contributed by atoms with Crippen LogP contribution in [0.5, 0.6) is 0 Å². The van der Waals surface area contributed by atoms with Crippen molar-refractivity contribution in [1.29, 1.82) is 5.26 Å². The maximum atomic E-state index is 13.6. The molecule has 0 aliphatic rings. The highest BCUT2D eigenvalue weighted by atomic mass is 19.1. The normalized spacial score (nSPS) is 11.6. The quantitative estimate of drug-likeness (QED) is 0.652. The van der Waals surface area contributed by atoms with Crippen molar-refractivity contribution in [2.75, 3.05) is 11.9 Å². The zero-order valence-electron chi connectivity index (χ0n) is 11.7. The molecule has 6 nitrogen and oxygen atoms in total. The molecule has 23 heavy (non-hydrogen) atoms. The first-order valence-corrected chi connectivity index (χ1v) is 6.48. The van der Waals surface area contributed by atoms with Crippen molar-refractivity contribution in [3.63, 3.8) is 0 Å². The minimum absolute atomic E-state index is 0.0135. The monoisotopic (exact) mass is 319 g/mol. The summed E-state index contributed by atoms with van der Waals surface area (Å²) in [6.07, 6.45) is -1.49. The third-order valence-corrected chi connectivity index (χ3v) is 3.15. The summed E-state index contributed by atoms with van der Waals surface area (Å²) < 4.78 is 27.1. The van der Waals surface area contributed by atoms with Gasteiger partial charge in [0, 0.05) is 18.7 Å². The lowest BCUT2D eigenvalue weighted by Crippen LogP contribution is -2.15. The molecule has 0 aliphatic heterocycles. The van der Waals surface area contributed by atoms with Crippen LogP contribution >= 0.6 is 0 Å². The fourth-order valence-corrected chi connectivity index (χ4v) is 2.03. The van der Waals surface area contributed by atoms with Gasteiger partial charge in [-0.3, -0.25) is 10.1 Å². The molecule has 2 rings (SSSR count). The van der Waals surface area contributed by atoms with Gasteiger partial charge < -0.3 is 10.4 Å². The lowest BCUT2D eigenvalue weighted by atomic mass is 10.1. The number of nitrogens with one attached hydrogen (secondary N) is 1. The Hall–Kier alpha value is -3.05. The van der Waals surface area contributed by atoms with E-state index in [1.54, 1.807) is 6.07 Å². The van der Waals surface area contributed by atoms with Gasteiger partial charge in [-0.15, -0.1) is 0 Å². The molecule has 8 heteroatoms. The fourth-order valence-electron chi connectivity index (χ4n) is 2.03. The predicted octanol–water partition coefficient (Wildman–Crippen LogP) is 2.89. The molecule has 2 N–H and O–H groups in total. The second-order valence-corrected chi connectivity index (χ2v) is 4.63. The largest absolute Gasteiger partial charge is 0.386 e. The van der Waals surface area contributed by atoms with Crippen LogP contribution in [-0.2, 0) is 0 Å². The van der Waals surface area contributed by atoms with E-state index in [4.69, 9.17) is 5.26 Å². The van der Waals surface area contributed by atoms with Crippen LogP contribution in [0.25, 0.3) is 0 Å². The van der Waals surface area contributed by atoms with Gasteiger partial charge in [0.25, 0.3) is 5.69 Å². The molecule has 0 amide bonds. The highest BCUT2D eigenvalue weighted by Gasteiger charge is 2.18. The molecule has 0 radical (unpaired) electrons. The molecule has 0 saturated carbocycles. The van der Waals surface area contributed by atoms with Crippen LogP contribution in [0.2, 0.25) is 0 Å². The van der Waals surface area contributed by atoms with Crippen LogP contribution in [0.4, 0.5) is 20.2 Å². The van der Waals surface area contributed by atoms with Gasteiger partial charge in [0.2, 0.25) is 0 Å². The molecule has 0 spiro atoms. The number of aliphatic hydroxyl groups excluding tert-OH is 1. The maximum Gasteiger partial charge on any atom is 0.270 e. The van der Waals surface area contributed by atoms with Crippen molar-refractivity contribution in [3.05, 3.63) is 69.3 Å². The summed E-state index contributed by atoms with van der Waals surface area (Å²) in [4.78, 5) is 10.0. The number of benzene rings is 2. The molecule has 1 unspecified atom stereocenters. The topological polar surface area (TPSA) is 99.2 Å². The van der Waals surface area contributed by atoms with Crippen LogP contribution in [0.1, 0.15) is 17.2 Å². The lowest BCUT2D eigenvalue weighted by molar-refractivity contribution is -0.384. The van der Waals surface area contributed by atoms with E-state index < -0.39 is 28.2 Å². The summed E-state index contributed by atoms with van der Waals surface area (Å²) in [6, 6.07) is 8.54. The highest BCUT2D eigenvalue weighted by Crippen LogP contribution is 2.24. The van der Waals surface area contributed by atoms with E-state index in [-0.39, 0.29) is 23.5 Å². The fraction of sp³-hybridized carbons (Fsp3) is 0.133. The van der Waals surface area contributed by atoms with Gasteiger partial charge in [0.1, 0.15) is 23.8 Å². The molecule has 0 heterocycles. The van der Waals surface area contributed by atoms with E-state index in [9.17, 15) is 24.0 Å². The molecule has 0 aliphatic carbocycles. The van der Waals surface area contributed by atoms with E-state index in [0.29, 0.717) is 0 Å². The van der Waals surface area contributed by atoms with E-state index in [1.807, 2.05) is 0 Å². The summed E-state index contributed by atoms with van der Waals surface area (Å²) >= 11 is 0. The number of halogens is 2. The molecular weight excluding hydrogens is 308 g/mol. The first-order chi connectivity index (χ1) is 10.9. The first-order valence-electron chi connectivity index (χ1n) is 6.48. The van der Waals surface area contributed by atoms with Crippen LogP contribution in [-0.4, -0.2) is 16.6 Å². The number of nitro groups is 1. The Morgan fingerprint density at radius 2 is 1.96 bits per heavy atom. The van der Waals surface area contributed by atoms with Crippen molar-refractivity contribution in [2.45, 2.75) is 6.10 Å². The van der Waals surface area contributed by atoms with Crippen LogP contribution < -0.4 is 5.32 Å². The van der Waals surface area contributed by atoms with Gasteiger partial charge in [0.05, 0.1) is 21.7 Å². The molecule has 0 aromatic heterocycles. The van der Waals surface area contributed by atoms with E-state index in [0.717, 1.165) is 18.2 Å². The molecule has 118 valence electrons. The first kappa shape index (κ1) is 16.3. The number of anilines is 1. The van der Waals surface area contributed by atoms with Crippen molar-refractivity contribution in [1.82, 2.24) is 0 Å². The van der Waals surface area contributed by atoms with Gasteiger partial charge in [0.15, 0.2) is 0 Å². The van der Waals surface area contributed by atoms with Crippen molar-refractivity contribution < 1.29 is 18.8 Å². The molecule has 0 bridgehead atoms. The Kier molecular flexibility index (Phi) is 4.83. The Labute approximate surface area is 129 Å². The van der Waals surface area contributed by atoms with E-state index in [2.05, 4.69) is 5.32 Å².